The number of aliphatic hydroxyl groups is 2. The Morgan fingerprint density at radius 2 is 1.67 bits per heavy atom. The van der Waals surface area contributed by atoms with Crippen LogP contribution in [0.2, 0.25) is 0 Å². The van der Waals surface area contributed by atoms with Gasteiger partial charge in [0, 0.05) is 37.9 Å². The van der Waals surface area contributed by atoms with Crippen LogP contribution in [0.15, 0.2) is 63.7 Å². The predicted molar refractivity (Wildman–Crippen MR) is 135 cm³/mol. The van der Waals surface area contributed by atoms with E-state index in [0.29, 0.717) is 18.5 Å². The van der Waals surface area contributed by atoms with Gasteiger partial charge in [-0.2, -0.15) is 0 Å². The van der Waals surface area contributed by atoms with Gasteiger partial charge in [-0.25, -0.2) is 0 Å². The van der Waals surface area contributed by atoms with E-state index in [0.717, 1.165) is 21.9 Å². The van der Waals surface area contributed by atoms with Crippen molar-refractivity contribution in [2.75, 3.05) is 31.8 Å². The van der Waals surface area contributed by atoms with Crippen LogP contribution in [0.5, 0.6) is 0 Å². The highest BCUT2D eigenvalue weighted by atomic mass is 79.9. The molecule has 0 saturated heterocycles. The van der Waals surface area contributed by atoms with E-state index in [2.05, 4.69) is 107 Å². The van der Waals surface area contributed by atoms with Gasteiger partial charge in [0.15, 0.2) is 0 Å². The van der Waals surface area contributed by atoms with Gasteiger partial charge < -0.3 is 19.5 Å². The maximum Gasteiger partial charge on any atom is 0.0698 e. The van der Waals surface area contributed by atoms with Crippen molar-refractivity contribution in [1.82, 2.24) is 4.57 Å². The molecule has 3 aromatic rings. The van der Waals surface area contributed by atoms with Crippen molar-refractivity contribution >= 4 is 64.8 Å². The summed E-state index contributed by atoms with van der Waals surface area (Å²) in [5.41, 5.74) is 3.99. The lowest BCUT2D eigenvalue weighted by atomic mass is 10.1. The largest absolute Gasteiger partial charge is 0.396 e. The second kappa shape index (κ2) is 14.2. The van der Waals surface area contributed by atoms with Crippen LogP contribution >= 0.6 is 47.8 Å². The van der Waals surface area contributed by atoms with Gasteiger partial charge in [0.25, 0.3) is 0 Å². The predicted octanol–water partition coefficient (Wildman–Crippen LogP) is 5.80. The first-order valence-corrected chi connectivity index (χ1v) is 12.3. The minimum atomic E-state index is 0.0827. The number of ether oxygens (including phenoxy) is 1. The average Bonchev–Trinajstić information content (AvgIpc) is 3.38. The summed E-state index contributed by atoms with van der Waals surface area (Å²) < 4.78 is 9.66. The zero-order valence-electron chi connectivity index (χ0n) is 16.6. The standard InChI is InChI=1S/C12H14BrNO2.C9H7Br.C2H5BrO/c13-11-1-2-12-10(9-11)3-4-14(12)5-7-16-8-6-15;10-9-5-4-7-2-1-3-8(7)6-9;3-1-2-4/h1-4,9,15H,5-8H2;1,3-6H,2H2;4H,1-2H2. The zero-order chi connectivity index (χ0) is 21.8. The van der Waals surface area contributed by atoms with E-state index in [9.17, 15) is 0 Å². The van der Waals surface area contributed by atoms with E-state index >= 15 is 0 Å². The van der Waals surface area contributed by atoms with E-state index in [-0.39, 0.29) is 13.2 Å². The third kappa shape index (κ3) is 8.29. The number of rotatable bonds is 6. The molecule has 162 valence electrons. The fourth-order valence-corrected chi connectivity index (χ4v) is 3.67. The SMILES string of the molecule is Brc1ccc2c(c1)C=CC2.OCCBr.OCCOCCn1ccc2cc(Br)ccc21. The highest BCUT2D eigenvalue weighted by Gasteiger charge is 2.03. The van der Waals surface area contributed by atoms with Crippen molar-refractivity contribution in [3.05, 3.63) is 74.8 Å². The van der Waals surface area contributed by atoms with Gasteiger partial charge in [-0.1, -0.05) is 66.0 Å². The number of aliphatic hydroxyl groups excluding tert-OH is 2. The normalized spacial score (nSPS) is 11.5. The van der Waals surface area contributed by atoms with Crippen LogP contribution in [0, 0.1) is 0 Å². The number of allylic oxidation sites excluding steroid dienone is 1. The van der Waals surface area contributed by atoms with Crippen LogP contribution in [0.1, 0.15) is 11.1 Å². The van der Waals surface area contributed by atoms with Gasteiger partial charge >= 0.3 is 0 Å². The molecule has 0 radical (unpaired) electrons. The topological polar surface area (TPSA) is 54.6 Å². The molecule has 0 unspecified atom stereocenters. The number of alkyl halides is 1. The molecule has 0 amide bonds. The van der Waals surface area contributed by atoms with E-state index in [1.807, 2.05) is 6.07 Å². The van der Waals surface area contributed by atoms with Crippen molar-refractivity contribution < 1.29 is 14.9 Å². The summed E-state index contributed by atoms with van der Waals surface area (Å²) in [6.07, 6.45) is 7.51. The molecular formula is C23H26Br3NO3. The molecule has 0 atom stereocenters. The van der Waals surface area contributed by atoms with Crippen LogP contribution in [0.3, 0.4) is 0 Å². The number of aromatic nitrogens is 1. The van der Waals surface area contributed by atoms with Crippen LogP contribution < -0.4 is 0 Å². The number of benzene rings is 2. The monoisotopic (exact) mass is 601 g/mol. The smallest absolute Gasteiger partial charge is 0.0698 e. The summed E-state index contributed by atoms with van der Waals surface area (Å²) in [6.45, 7) is 2.16. The number of nitrogens with zero attached hydrogens (tertiary/aromatic N) is 1. The number of hydrogen-bond donors (Lipinski definition) is 2. The second-order valence-electron chi connectivity index (χ2n) is 6.41. The van der Waals surface area contributed by atoms with E-state index in [1.165, 1.54) is 22.0 Å². The maximum absolute atomic E-state index is 8.59. The summed E-state index contributed by atoms with van der Waals surface area (Å²) >= 11 is 9.88. The van der Waals surface area contributed by atoms with E-state index in [1.54, 1.807) is 0 Å². The van der Waals surface area contributed by atoms with Crippen molar-refractivity contribution in [3.63, 3.8) is 0 Å². The minimum absolute atomic E-state index is 0.0827. The lowest BCUT2D eigenvalue weighted by molar-refractivity contribution is 0.0875. The molecule has 0 aliphatic heterocycles. The van der Waals surface area contributed by atoms with Crippen molar-refractivity contribution in [3.8, 4) is 0 Å². The maximum atomic E-state index is 8.59. The molecule has 1 aromatic heterocycles. The molecule has 0 spiro atoms. The number of halogens is 3. The molecule has 2 aromatic carbocycles. The van der Waals surface area contributed by atoms with Crippen LogP contribution in [-0.4, -0.2) is 46.5 Å². The van der Waals surface area contributed by atoms with Gasteiger partial charge in [-0.3, -0.25) is 0 Å². The van der Waals surface area contributed by atoms with Gasteiger partial charge in [-0.05, 0) is 53.9 Å². The molecule has 30 heavy (non-hydrogen) atoms. The van der Waals surface area contributed by atoms with Crippen LogP contribution in [-0.2, 0) is 17.7 Å². The Bertz CT molecular complexity index is 939. The van der Waals surface area contributed by atoms with Crippen molar-refractivity contribution in [2.45, 2.75) is 13.0 Å². The Morgan fingerprint density at radius 1 is 0.933 bits per heavy atom. The van der Waals surface area contributed by atoms with E-state index in [4.69, 9.17) is 14.9 Å². The lowest BCUT2D eigenvalue weighted by Gasteiger charge is -2.05. The summed E-state index contributed by atoms with van der Waals surface area (Å²) in [7, 11) is 0. The average molecular weight is 604 g/mol. The summed E-state index contributed by atoms with van der Waals surface area (Å²) in [5.74, 6) is 0. The first-order chi connectivity index (χ1) is 14.6. The third-order valence-electron chi connectivity index (χ3n) is 4.27. The molecule has 0 saturated carbocycles. The summed E-state index contributed by atoms with van der Waals surface area (Å²) in [4.78, 5) is 0. The summed E-state index contributed by atoms with van der Waals surface area (Å²) in [6, 6.07) is 14.7. The number of fused-ring (bicyclic) bond motifs is 2. The van der Waals surface area contributed by atoms with Gasteiger partial charge in [0.2, 0.25) is 0 Å². The molecule has 1 heterocycles. The molecule has 4 nitrogen and oxygen atoms in total. The molecule has 0 fully saturated rings. The molecule has 2 N–H and O–H groups in total. The first kappa shape index (κ1) is 25.3. The van der Waals surface area contributed by atoms with Crippen molar-refractivity contribution in [2.24, 2.45) is 0 Å². The minimum Gasteiger partial charge on any atom is -0.396 e. The Morgan fingerprint density at radius 3 is 2.40 bits per heavy atom. The fourth-order valence-electron chi connectivity index (χ4n) is 2.92. The Kier molecular flexibility index (Phi) is 11.9. The highest BCUT2D eigenvalue weighted by Crippen LogP contribution is 2.23. The molecule has 0 bridgehead atoms. The van der Waals surface area contributed by atoms with Gasteiger partial charge in [0.1, 0.15) is 0 Å². The third-order valence-corrected chi connectivity index (χ3v) is 5.61. The zero-order valence-corrected chi connectivity index (χ0v) is 21.4. The van der Waals surface area contributed by atoms with Gasteiger partial charge in [0.05, 0.1) is 26.4 Å². The Balaban J connectivity index is 0.000000194. The van der Waals surface area contributed by atoms with Crippen molar-refractivity contribution in [1.29, 1.82) is 0 Å². The first-order valence-electron chi connectivity index (χ1n) is 9.63. The molecule has 4 rings (SSSR count). The van der Waals surface area contributed by atoms with Crippen LogP contribution in [0.4, 0.5) is 0 Å². The van der Waals surface area contributed by atoms with Gasteiger partial charge in [-0.15, -0.1) is 0 Å². The summed E-state index contributed by atoms with van der Waals surface area (Å²) in [5, 5.41) is 18.3. The van der Waals surface area contributed by atoms with E-state index < -0.39 is 0 Å². The lowest BCUT2D eigenvalue weighted by Crippen LogP contribution is -2.07. The Labute approximate surface area is 202 Å². The Hall–Kier alpha value is -0.960. The quantitative estimate of drug-likeness (QED) is 0.276. The molecule has 1 aliphatic rings. The number of hydrogen-bond acceptors (Lipinski definition) is 3. The highest BCUT2D eigenvalue weighted by molar-refractivity contribution is 9.10. The van der Waals surface area contributed by atoms with Crippen LogP contribution in [0.25, 0.3) is 17.0 Å². The molecule has 7 heteroatoms. The molecular weight excluding hydrogens is 578 g/mol. The second-order valence-corrected chi connectivity index (χ2v) is 9.03. The molecule has 1 aliphatic carbocycles. The fraction of sp³-hybridized carbons (Fsp3) is 0.304.